The van der Waals surface area contributed by atoms with Crippen molar-refractivity contribution in [3.8, 4) is 0 Å². The van der Waals surface area contributed by atoms with E-state index in [1.807, 2.05) is 18.7 Å². The Morgan fingerprint density at radius 2 is 2.04 bits per heavy atom. The molecular weight excluding hydrogens is 334 g/mol. The molecule has 0 aromatic carbocycles. The van der Waals surface area contributed by atoms with Gasteiger partial charge in [-0.1, -0.05) is 0 Å². The van der Waals surface area contributed by atoms with E-state index in [0.717, 1.165) is 60.8 Å². The molecule has 2 aromatic heterocycles. The lowest BCUT2D eigenvalue weighted by Crippen LogP contribution is -2.33. The predicted octanol–water partition coefficient (Wildman–Crippen LogP) is 2.73. The van der Waals surface area contributed by atoms with Gasteiger partial charge in [-0.2, -0.15) is 22.0 Å². The van der Waals surface area contributed by atoms with Crippen molar-refractivity contribution in [3.63, 3.8) is 0 Å². The van der Waals surface area contributed by atoms with Crippen LogP contribution >= 0.6 is 11.8 Å². The minimum Gasteiger partial charge on any atom is -0.366 e. The first-order valence-corrected chi connectivity index (χ1v) is 10.1. The minimum absolute atomic E-state index is 0.0000584. The molecule has 1 saturated carbocycles. The lowest BCUT2D eigenvalue weighted by Gasteiger charge is -2.30. The molecule has 0 radical (unpaired) electrons. The van der Waals surface area contributed by atoms with E-state index in [1.165, 1.54) is 5.56 Å². The highest BCUT2D eigenvalue weighted by atomic mass is 32.2. The topological polar surface area (TPSA) is 72.7 Å². The van der Waals surface area contributed by atoms with Crippen molar-refractivity contribution in [2.45, 2.75) is 56.9 Å². The Labute approximate surface area is 151 Å². The Kier molecular flexibility index (Phi) is 4.74. The largest absolute Gasteiger partial charge is 0.366 e. The monoisotopic (exact) mass is 357 g/mol. The van der Waals surface area contributed by atoms with Gasteiger partial charge >= 0.3 is 0 Å². The fourth-order valence-corrected chi connectivity index (χ4v) is 4.62. The third-order valence-electron chi connectivity index (χ3n) is 5.05. The van der Waals surface area contributed by atoms with Crippen LogP contribution < -0.4 is 10.9 Å². The highest BCUT2D eigenvalue weighted by molar-refractivity contribution is 7.98. The van der Waals surface area contributed by atoms with Crippen LogP contribution in [-0.2, 0) is 12.2 Å². The highest BCUT2D eigenvalue weighted by Gasteiger charge is 2.24. The van der Waals surface area contributed by atoms with Gasteiger partial charge in [0.25, 0.3) is 5.56 Å². The predicted molar refractivity (Wildman–Crippen MR) is 100 cm³/mol. The van der Waals surface area contributed by atoms with Crippen LogP contribution in [0.2, 0.25) is 0 Å². The molecule has 132 valence electrons. The molecule has 4 rings (SSSR count). The fraction of sp³-hybridized carbons (Fsp3) is 0.556. The molecular formula is C18H23N5OS. The van der Waals surface area contributed by atoms with Crippen molar-refractivity contribution in [2.75, 3.05) is 11.1 Å². The van der Waals surface area contributed by atoms with E-state index in [-0.39, 0.29) is 11.6 Å². The summed E-state index contributed by atoms with van der Waals surface area (Å²) in [5, 5.41) is 16.7. The maximum absolute atomic E-state index is 12.0. The quantitative estimate of drug-likeness (QED) is 0.911. The fourth-order valence-electron chi connectivity index (χ4n) is 3.67. The summed E-state index contributed by atoms with van der Waals surface area (Å²) >= 11 is 1.96. The summed E-state index contributed by atoms with van der Waals surface area (Å²) in [6.45, 7) is 1.93. The zero-order valence-electron chi connectivity index (χ0n) is 14.4. The summed E-state index contributed by atoms with van der Waals surface area (Å²) in [7, 11) is 0. The van der Waals surface area contributed by atoms with Gasteiger partial charge in [0.1, 0.15) is 5.82 Å². The van der Waals surface area contributed by atoms with Gasteiger partial charge < -0.3 is 5.32 Å². The number of hydrogen-bond donors (Lipinski definition) is 1. The van der Waals surface area contributed by atoms with Crippen molar-refractivity contribution in [3.05, 3.63) is 45.5 Å². The van der Waals surface area contributed by atoms with E-state index >= 15 is 0 Å². The molecule has 3 heterocycles. The SMILES string of the molecule is Cc1ccc(=O)n(C2CCC(Nc3cc4c(nn3)CCSC4)CC2)n1. The zero-order chi connectivity index (χ0) is 17.2. The Balaban J connectivity index is 1.39. The van der Waals surface area contributed by atoms with Gasteiger partial charge in [0.05, 0.1) is 17.4 Å². The summed E-state index contributed by atoms with van der Waals surface area (Å²) in [6.07, 6.45) is 4.97. The Morgan fingerprint density at radius 3 is 2.88 bits per heavy atom. The lowest BCUT2D eigenvalue weighted by molar-refractivity contribution is 0.302. The smallest absolute Gasteiger partial charge is 0.267 e. The number of nitrogens with zero attached hydrogens (tertiary/aromatic N) is 4. The van der Waals surface area contributed by atoms with E-state index in [0.29, 0.717) is 6.04 Å². The molecule has 0 unspecified atom stereocenters. The molecule has 0 saturated heterocycles. The number of fused-ring (bicyclic) bond motifs is 1. The third kappa shape index (κ3) is 3.71. The maximum Gasteiger partial charge on any atom is 0.267 e. The van der Waals surface area contributed by atoms with Crippen LogP contribution in [0, 0.1) is 6.92 Å². The van der Waals surface area contributed by atoms with Gasteiger partial charge in [-0.15, -0.1) is 5.10 Å². The summed E-state index contributed by atoms with van der Waals surface area (Å²) in [5.41, 5.74) is 3.36. The highest BCUT2D eigenvalue weighted by Crippen LogP contribution is 2.29. The number of thioether (sulfide) groups is 1. The van der Waals surface area contributed by atoms with Gasteiger partial charge in [0.2, 0.25) is 0 Å². The van der Waals surface area contributed by atoms with E-state index in [4.69, 9.17) is 0 Å². The Bertz CT molecular complexity index is 813. The molecule has 0 atom stereocenters. The van der Waals surface area contributed by atoms with Crippen molar-refractivity contribution in [2.24, 2.45) is 0 Å². The first kappa shape index (κ1) is 16.6. The molecule has 6 nitrogen and oxygen atoms in total. The van der Waals surface area contributed by atoms with Crippen LogP contribution in [0.15, 0.2) is 23.0 Å². The van der Waals surface area contributed by atoms with E-state index in [2.05, 4.69) is 26.7 Å². The first-order valence-electron chi connectivity index (χ1n) is 8.95. The van der Waals surface area contributed by atoms with Gasteiger partial charge in [-0.3, -0.25) is 4.79 Å². The number of nitrogens with one attached hydrogen (secondary N) is 1. The van der Waals surface area contributed by atoms with Gasteiger partial charge in [0, 0.05) is 24.3 Å². The molecule has 2 aliphatic rings. The van der Waals surface area contributed by atoms with Crippen LogP contribution in [0.3, 0.4) is 0 Å². The van der Waals surface area contributed by atoms with Crippen LogP contribution in [0.25, 0.3) is 0 Å². The molecule has 0 amide bonds. The van der Waals surface area contributed by atoms with Crippen LogP contribution in [0.5, 0.6) is 0 Å². The van der Waals surface area contributed by atoms with Gasteiger partial charge in [-0.05, 0) is 56.1 Å². The average Bonchev–Trinajstić information content (AvgIpc) is 2.64. The number of anilines is 1. The normalized spacial score (nSPS) is 23.1. The number of aryl methyl sites for hydroxylation is 2. The maximum atomic E-state index is 12.0. The molecule has 0 bridgehead atoms. The molecule has 25 heavy (non-hydrogen) atoms. The summed E-state index contributed by atoms with van der Waals surface area (Å²) in [4.78, 5) is 12.0. The summed E-state index contributed by atoms with van der Waals surface area (Å²) in [6, 6.07) is 6.15. The van der Waals surface area contributed by atoms with Crippen molar-refractivity contribution >= 4 is 17.6 Å². The molecule has 0 spiro atoms. The molecule has 2 aromatic rings. The third-order valence-corrected chi connectivity index (χ3v) is 6.06. The van der Waals surface area contributed by atoms with Crippen LogP contribution in [0.4, 0.5) is 5.82 Å². The Hall–Kier alpha value is -1.89. The second kappa shape index (κ2) is 7.15. The molecule has 1 aliphatic carbocycles. The molecule has 1 N–H and O–H groups in total. The Morgan fingerprint density at radius 1 is 1.20 bits per heavy atom. The van der Waals surface area contributed by atoms with Crippen molar-refractivity contribution in [1.82, 2.24) is 20.0 Å². The minimum atomic E-state index is 0.0000584. The summed E-state index contributed by atoms with van der Waals surface area (Å²) in [5.74, 6) is 3.06. The zero-order valence-corrected chi connectivity index (χ0v) is 15.3. The number of rotatable bonds is 3. The first-order chi connectivity index (χ1) is 12.2. The standard InChI is InChI=1S/C18H23N5OS/c1-12-2-7-18(24)23(22-12)15-5-3-14(4-6-15)19-17-10-13-11-25-9-8-16(13)20-21-17/h2,7,10,14-15H,3-6,8-9,11H2,1H3,(H,19,21). The molecule has 7 heteroatoms. The molecule has 1 fully saturated rings. The second-order valence-corrected chi connectivity index (χ2v) is 8.02. The van der Waals surface area contributed by atoms with Crippen LogP contribution in [0.1, 0.15) is 48.7 Å². The van der Waals surface area contributed by atoms with Crippen molar-refractivity contribution in [1.29, 1.82) is 0 Å². The molecule has 1 aliphatic heterocycles. The second-order valence-electron chi connectivity index (χ2n) is 6.91. The van der Waals surface area contributed by atoms with Gasteiger partial charge in [-0.25, -0.2) is 4.68 Å². The van der Waals surface area contributed by atoms with Crippen molar-refractivity contribution < 1.29 is 0 Å². The van der Waals surface area contributed by atoms with Gasteiger partial charge in [0.15, 0.2) is 0 Å². The summed E-state index contributed by atoms with van der Waals surface area (Å²) < 4.78 is 1.67. The lowest BCUT2D eigenvalue weighted by atomic mass is 9.91. The number of hydrogen-bond acceptors (Lipinski definition) is 6. The number of aromatic nitrogens is 4. The average molecular weight is 357 g/mol. The van der Waals surface area contributed by atoms with E-state index < -0.39 is 0 Å². The van der Waals surface area contributed by atoms with E-state index in [9.17, 15) is 4.79 Å². The van der Waals surface area contributed by atoms with E-state index in [1.54, 1.807) is 16.8 Å². The van der Waals surface area contributed by atoms with Crippen LogP contribution in [-0.4, -0.2) is 31.8 Å².